The molecule has 0 radical (unpaired) electrons. The van der Waals surface area contributed by atoms with Crippen LogP contribution in [0.4, 0.5) is 14.5 Å². The van der Waals surface area contributed by atoms with Crippen molar-refractivity contribution in [2.75, 3.05) is 11.9 Å². The lowest BCUT2D eigenvalue weighted by atomic mass is 9.90. The predicted molar refractivity (Wildman–Crippen MR) is 84.1 cm³/mol. The first-order chi connectivity index (χ1) is 11.9. The summed E-state index contributed by atoms with van der Waals surface area (Å²) in [6, 6.07) is 8.54. The van der Waals surface area contributed by atoms with E-state index in [0.29, 0.717) is 5.56 Å². The summed E-state index contributed by atoms with van der Waals surface area (Å²) in [7, 11) is 0. The number of hydrogen-bond donors (Lipinski definition) is 1. The van der Waals surface area contributed by atoms with E-state index in [0.717, 1.165) is 18.2 Å². The molecule has 0 bridgehead atoms. The molecule has 0 fully saturated rings. The van der Waals surface area contributed by atoms with Gasteiger partial charge in [0.1, 0.15) is 11.6 Å². The van der Waals surface area contributed by atoms with E-state index >= 15 is 0 Å². The zero-order valence-corrected chi connectivity index (χ0v) is 12.9. The third kappa shape index (κ3) is 3.71. The molecule has 7 heteroatoms. The number of nitrogens with one attached hydrogen (secondary N) is 1. The number of hydrogen-bond acceptors (Lipinski definition) is 4. The molecule has 1 aliphatic rings. The molecule has 1 N–H and O–H groups in total. The fourth-order valence-electron chi connectivity index (χ4n) is 2.60. The van der Waals surface area contributed by atoms with Crippen LogP contribution in [0, 0.1) is 11.6 Å². The Morgan fingerprint density at radius 3 is 2.48 bits per heavy atom. The van der Waals surface area contributed by atoms with E-state index in [1.54, 1.807) is 0 Å². The Labute approximate surface area is 141 Å². The molecule has 25 heavy (non-hydrogen) atoms. The average molecular weight is 345 g/mol. The number of halogens is 2. The van der Waals surface area contributed by atoms with E-state index in [1.165, 1.54) is 24.3 Å². The fourth-order valence-corrected chi connectivity index (χ4v) is 2.60. The second-order valence-electron chi connectivity index (χ2n) is 5.57. The summed E-state index contributed by atoms with van der Waals surface area (Å²) in [5.74, 6) is -3.62. The number of Topliss-reactive ketones (excluding diaryl/α,β-unsaturated/α-hetero) is 1. The summed E-state index contributed by atoms with van der Waals surface area (Å²) in [6.45, 7) is -0.529. The van der Waals surface area contributed by atoms with E-state index in [1.807, 2.05) is 0 Å². The standard InChI is InChI=1S/C18H13F2NO4/c19-11-3-1-10(2-4-11)16(22)9-25-18(24)14-8-17(23)21-15-7-12(20)5-6-13(14)15/h1-7,14H,8-9H2,(H,21,23). The topological polar surface area (TPSA) is 72.5 Å². The third-order valence-electron chi connectivity index (χ3n) is 3.85. The summed E-state index contributed by atoms with van der Waals surface area (Å²) in [5.41, 5.74) is 0.848. The van der Waals surface area contributed by atoms with Crippen LogP contribution in [0.1, 0.15) is 28.3 Å². The highest BCUT2D eigenvalue weighted by molar-refractivity contribution is 6.01. The number of esters is 1. The molecule has 2 aromatic carbocycles. The van der Waals surface area contributed by atoms with Crippen molar-refractivity contribution in [3.8, 4) is 0 Å². The lowest BCUT2D eigenvalue weighted by Crippen LogP contribution is -2.29. The Morgan fingerprint density at radius 1 is 1.08 bits per heavy atom. The van der Waals surface area contributed by atoms with Crippen molar-refractivity contribution in [2.45, 2.75) is 12.3 Å². The second-order valence-corrected chi connectivity index (χ2v) is 5.57. The molecule has 1 unspecified atom stereocenters. The van der Waals surface area contributed by atoms with E-state index in [-0.39, 0.29) is 17.7 Å². The van der Waals surface area contributed by atoms with Crippen LogP contribution in [-0.4, -0.2) is 24.3 Å². The Morgan fingerprint density at radius 2 is 1.76 bits per heavy atom. The normalized spacial score (nSPS) is 15.9. The van der Waals surface area contributed by atoms with Gasteiger partial charge >= 0.3 is 5.97 Å². The van der Waals surface area contributed by atoms with Crippen molar-refractivity contribution in [1.82, 2.24) is 0 Å². The highest BCUT2D eigenvalue weighted by Crippen LogP contribution is 2.33. The minimum Gasteiger partial charge on any atom is -0.457 e. The summed E-state index contributed by atoms with van der Waals surface area (Å²) in [4.78, 5) is 35.9. The quantitative estimate of drug-likeness (QED) is 0.683. The van der Waals surface area contributed by atoms with Gasteiger partial charge in [0.15, 0.2) is 12.4 Å². The molecule has 2 aromatic rings. The molecule has 0 aliphatic carbocycles. The molecule has 3 rings (SSSR count). The van der Waals surface area contributed by atoms with Gasteiger partial charge in [0.2, 0.25) is 5.91 Å². The van der Waals surface area contributed by atoms with Gasteiger partial charge in [0.05, 0.1) is 5.92 Å². The van der Waals surface area contributed by atoms with E-state index in [2.05, 4.69) is 5.32 Å². The molecule has 128 valence electrons. The van der Waals surface area contributed by atoms with Crippen LogP contribution in [0.2, 0.25) is 0 Å². The number of ketones is 1. The van der Waals surface area contributed by atoms with Gasteiger partial charge in [-0.25, -0.2) is 8.78 Å². The van der Waals surface area contributed by atoms with Crippen LogP contribution in [0.3, 0.4) is 0 Å². The molecule has 0 spiro atoms. The summed E-state index contributed by atoms with van der Waals surface area (Å²) in [6.07, 6.45) is -0.151. The van der Waals surface area contributed by atoms with Gasteiger partial charge in [-0.2, -0.15) is 0 Å². The van der Waals surface area contributed by atoms with Crippen molar-refractivity contribution >= 4 is 23.3 Å². The summed E-state index contributed by atoms with van der Waals surface area (Å²) >= 11 is 0. The van der Waals surface area contributed by atoms with Crippen LogP contribution in [-0.2, 0) is 14.3 Å². The fraction of sp³-hybridized carbons (Fsp3) is 0.167. The number of anilines is 1. The van der Waals surface area contributed by atoms with Crippen LogP contribution < -0.4 is 5.32 Å². The number of benzene rings is 2. The van der Waals surface area contributed by atoms with Gasteiger partial charge in [-0.05, 0) is 42.0 Å². The van der Waals surface area contributed by atoms with Crippen LogP contribution >= 0.6 is 0 Å². The lowest BCUT2D eigenvalue weighted by molar-refractivity contribution is -0.145. The van der Waals surface area contributed by atoms with Crippen LogP contribution in [0.25, 0.3) is 0 Å². The largest absolute Gasteiger partial charge is 0.457 e. The lowest BCUT2D eigenvalue weighted by Gasteiger charge is -2.24. The molecule has 1 atom stereocenters. The number of amides is 1. The minimum atomic E-state index is -0.912. The zero-order valence-electron chi connectivity index (χ0n) is 12.9. The highest BCUT2D eigenvalue weighted by Gasteiger charge is 2.32. The molecular weight excluding hydrogens is 332 g/mol. The molecule has 0 aromatic heterocycles. The Kier molecular flexibility index (Phi) is 4.56. The first-order valence-electron chi connectivity index (χ1n) is 7.49. The van der Waals surface area contributed by atoms with E-state index < -0.39 is 41.8 Å². The van der Waals surface area contributed by atoms with Crippen molar-refractivity contribution in [2.24, 2.45) is 0 Å². The molecular formula is C18H13F2NO4. The maximum atomic E-state index is 13.3. The summed E-state index contributed by atoms with van der Waals surface area (Å²) < 4.78 is 31.1. The van der Waals surface area contributed by atoms with E-state index in [9.17, 15) is 23.2 Å². The molecule has 5 nitrogen and oxygen atoms in total. The van der Waals surface area contributed by atoms with Crippen LogP contribution in [0.15, 0.2) is 42.5 Å². The van der Waals surface area contributed by atoms with Gasteiger partial charge in [-0.1, -0.05) is 6.07 Å². The molecule has 0 saturated carbocycles. The zero-order chi connectivity index (χ0) is 18.0. The van der Waals surface area contributed by atoms with Gasteiger partial charge < -0.3 is 10.1 Å². The minimum absolute atomic E-state index is 0.151. The Bertz CT molecular complexity index is 849. The Balaban J connectivity index is 1.70. The van der Waals surface area contributed by atoms with Crippen molar-refractivity contribution < 1.29 is 27.9 Å². The van der Waals surface area contributed by atoms with Crippen molar-refractivity contribution in [3.05, 3.63) is 65.2 Å². The van der Waals surface area contributed by atoms with Gasteiger partial charge in [-0.15, -0.1) is 0 Å². The molecule has 1 aliphatic heterocycles. The smallest absolute Gasteiger partial charge is 0.314 e. The Hall–Kier alpha value is -3.09. The molecule has 0 saturated heterocycles. The number of carbonyl (C=O) groups excluding carboxylic acids is 3. The van der Waals surface area contributed by atoms with Crippen LogP contribution in [0.5, 0.6) is 0 Å². The number of fused-ring (bicyclic) bond motifs is 1. The predicted octanol–water partition coefficient (Wildman–Crippen LogP) is 2.82. The maximum absolute atomic E-state index is 13.3. The van der Waals surface area contributed by atoms with Gasteiger partial charge in [0, 0.05) is 17.7 Å². The monoisotopic (exact) mass is 345 g/mol. The SMILES string of the molecule is O=C1CC(C(=O)OCC(=O)c2ccc(F)cc2)c2ccc(F)cc2N1. The summed E-state index contributed by atoms with van der Waals surface area (Å²) in [5, 5.41) is 2.49. The second kappa shape index (κ2) is 6.80. The van der Waals surface area contributed by atoms with Crippen molar-refractivity contribution in [1.29, 1.82) is 0 Å². The molecule has 1 amide bonds. The van der Waals surface area contributed by atoms with Gasteiger partial charge in [-0.3, -0.25) is 14.4 Å². The number of rotatable bonds is 4. The first-order valence-corrected chi connectivity index (χ1v) is 7.49. The van der Waals surface area contributed by atoms with Crippen molar-refractivity contribution in [3.63, 3.8) is 0 Å². The number of ether oxygens (including phenoxy) is 1. The van der Waals surface area contributed by atoms with Gasteiger partial charge in [0.25, 0.3) is 0 Å². The first kappa shape index (κ1) is 16.8. The number of carbonyl (C=O) groups is 3. The average Bonchev–Trinajstić information content (AvgIpc) is 2.58. The van der Waals surface area contributed by atoms with E-state index in [4.69, 9.17) is 4.74 Å². The maximum Gasteiger partial charge on any atom is 0.314 e. The highest BCUT2D eigenvalue weighted by atomic mass is 19.1. The molecule has 1 heterocycles. The third-order valence-corrected chi connectivity index (χ3v) is 3.85.